The Morgan fingerprint density at radius 2 is 1.75 bits per heavy atom. The molecule has 2 aromatic heterocycles. The number of H-pyrrole nitrogens is 2. The first kappa shape index (κ1) is 23.6. The second-order valence-corrected chi connectivity index (χ2v) is 8.34. The van der Waals surface area contributed by atoms with Gasteiger partial charge < -0.3 is 19.8 Å². The van der Waals surface area contributed by atoms with Gasteiger partial charge in [-0.15, -0.1) is 0 Å². The minimum Gasteiger partial charge on any atom is -0.451 e. The van der Waals surface area contributed by atoms with Gasteiger partial charge in [0.1, 0.15) is 23.2 Å². The van der Waals surface area contributed by atoms with Crippen molar-refractivity contribution in [1.29, 1.82) is 0 Å². The number of imidazole rings is 1. The van der Waals surface area contributed by atoms with Crippen LogP contribution in [0, 0.1) is 23.3 Å². The second kappa shape index (κ2) is 9.87. The van der Waals surface area contributed by atoms with Crippen molar-refractivity contribution in [3.8, 4) is 22.9 Å². The average molecular weight is 495 g/mol. The van der Waals surface area contributed by atoms with Crippen LogP contribution in [-0.2, 0) is 12.8 Å². The summed E-state index contributed by atoms with van der Waals surface area (Å²) in [6.45, 7) is -0.0259. The quantitative estimate of drug-likeness (QED) is 0.218. The Bertz CT molecular complexity index is 1540. The molecule has 5 aromatic rings. The molecule has 3 N–H and O–H groups in total. The topological polar surface area (TPSA) is 73.9 Å². The van der Waals surface area contributed by atoms with Gasteiger partial charge in [0.15, 0.2) is 17.4 Å². The van der Waals surface area contributed by atoms with E-state index in [9.17, 15) is 17.6 Å². The number of nitrogens with one attached hydrogen (secondary N) is 2. The highest BCUT2D eigenvalue weighted by molar-refractivity contribution is 5.82. The Labute approximate surface area is 203 Å². The van der Waals surface area contributed by atoms with Crippen molar-refractivity contribution >= 4 is 10.9 Å². The van der Waals surface area contributed by atoms with E-state index in [1.54, 1.807) is 18.2 Å². The highest BCUT2D eigenvalue weighted by Gasteiger charge is 2.19. The fraction of sp³-hybridized carbons (Fsp3) is 0.148. The van der Waals surface area contributed by atoms with E-state index >= 15 is 0 Å². The second-order valence-electron chi connectivity index (χ2n) is 8.34. The summed E-state index contributed by atoms with van der Waals surface area (Å²) < 4.78 is 64.2. The molecule has 0 saturated heterocycles. The van der Waals surface area contributed by atoms with Crippen molar-refractivity contribution in [2.75, 3.05) is 6.61 Å². The van der Waals surface area contributed by atoms with Crippen molar-refractivity contribution in [1.82, 2.24) is 15.0 Å². The number of rotatable bonds is 8. The van der Waals surface area contributed by atoms with E-state index in [1.807, 2.05) is 0 Å². The third kappa shape index (κ3) is 4.57. The number of benzene rings is 3. The molecule has 184 valence electrons. The maximum Gasteiger partial charge on any atom is 0.199 e. The van der Waals surface area contributed by atoms with Crippen LogP contribution >= 0.6 is 0 Å². The van der Waals surface area contributed by atoms with Gasteiger partial charge in [-0.2, -0.15) is 0 Å². The van der Waals surface area contributed by atoms with Crippen molar-refractivity contribution in [3.63, 3.8) is 0 Å². The van der Waals surface area contributed by atoms with Crippen LogP contribution in [0.4, 0.5) is 17.6 Å². The number of aromatic amines is 2. The molecule has 3 aromatic carbocycles. The monoisotopic (exact) mass is 495 g/mol. The van der Waals surface area contributed by atoms with Crippen LogP contribution in [0.15, 0.2) is 60.9 Å². The van der Waals surface area contributed by atoms with Crippen LogP contribution in [0.5, 0.6) is 11.5 Å². The number of ether oxygens (including phenoxy) is 1. The van der Waals surface area contributed by atoms with Crippen LogP contribution in [0.1, 0.15) is 23.2 Å². The molecule has 0 aliphatic heterocycles. The van der Waals surface area contributed by atoms with Gasteiger partial charge in [-0.25, -0.2) is 22.5 Å². The van der Waals surface area contributed by atoms with E-state index < -0.39 is 23.2 Å². The van der Waals surface area contributed by atoms with Crippen LogP contribution in [0.2, 0.25) is 0 Å². The molecule has 2 heterocycles. The fourth-order valence-corrected chi connectivity index (χ4v) is 4.10. The lowest BCUT2D eigenvalue weighted by molar-refractivity contribution is 0.288. The summed E-state index contributed by atoms with van der Waals surface area (Å²) in [5.74, 6) is -3.19. The summed E-state index contributed by atoms with van der Waals surface area (Å²) >= 11 is 0. The third-order valence-corrected chi connectivity index (χ3v) is 5.89. The number of fused-ring (bicyclic) bond motifs is 1. The summed E-state index contributed by atoms with van der Waals surface area (Å²) in [7, 11) is 0. The van der Waals surface area contributed by atoms with Gasteiger partial charge in [-0.3, -0.25) is 0 Å². The SMILES string of the molecule is OCCCc1cccc(Cc2cnc(-c3cc(Oc4c(F)cc5[nH]ccc5c4F)ccc3F)[nH]2)c1F. The maximum absolute atomic E-state index is 14.8. The first-order valence-corrected chi connectivity index (χ1v) is 11.3. The molecule has 0 saturated carbocycles. The largest absolute Gasteiger partial charge is 0.451 e. The molecule has 9 heteroatoms. The lowest BCUT2D eigenvalue weighted by atomic mass is 10.0. The van der Waals surface area contributed by atoms with Crippen LogP contribution < -0.4 is 4.74 Å². The van der Waals surface area contributed by atoms with E-state index in [0.29, 0.717) is 29.7 Å². The number of aliphatic hydroxyl groups is 1. The van der Waals surface area contributed by atoms with Gasteiger partial charge in [0, 0.05) is 42.6 Å². The Kier molecular flexibility index (Phi) is 6.47. The minimum absolute atomic E-state index is 0.0136. The molecule has 36 heavy (non-hydrogen) atoms. The van der Waals surface area contributed by atoms with Crippen molar-refractivity contribution in [3.05, 3.63) is 101 Å². The molecule has 0 atom stereocenters. The molecule has 5 rings (SSSR count). The van der Waals surface area contributed by atoms with E-state index in [2.05, 4.69) is 15.0 Å². The normalized spacial score (nSPS) is 11.4. The highest BCUT2D eigenvalue weighted by atomic mass is 19.1. The number of aromatic nitrogens is 3. The van der Waals surface area contributed by atoms with Gasteiger partial charge in [-0.05, 0) is 48.2 Å². The molecular weight excluding hydrogens is 474 g/mol. The van der Waals surface area contributed by atoms with Gasteiger partial charge in [-0.1, -0.05) is 18.2 Å². The number of halogens is 4. The third-order valence-electron chi connectivity index (χ3n) is 5.89. The summed E-state index contributed by atoms with van der Waals surface area (Å²) in [5.41, 5.74) is 1.80. The number of aryl methyl sites for hydroxylation is 1. The van der Waals surface area contributed by atoms with E-state index in [4.69, 9.17) is 9.84 Å². The maximum atomic E-state index is 14.8. The Hall–Kier alpha value is -4.11. The first-order valence-electron chi connectivity index (χ1n) is 11.3. The summed E-state index contributed by atoms with van der Waals surface area (Å²) in [6.07, 6.45) is 4.02. The number of hydrogen-bond acceptors (Lipinski definition) is 3. The molecule has 0 aliphatic carbocycles. The lowest BCUT2D eigenvalue weighted by Gasteiger charge is -2.10. The van der Waals surface area contributed by atoms with E-state index in [-0.39, 0.29) is 46.9 Å². The molecule has 0 amide bonds. The predicted octanol–water partition coefficient (Wildman–Crippen LogP) is 6.42. The summed E-state index contributed by atoms with van der Waals surface area (Å²) in [4.78, 5) is 9.92. The number of nitrogens with zero attached hydrogens (tertiary/aromatic N) is 1. The number of aliphatic hydroxyl groups excluding tert-OH is 1. The van der Waals surface area contributed by atoms with Crippen LogP contribution in [0.25, 0.3) is 22.3 Å². The number of hydrogen-bond donors (Lipinski definition) is 3. The molecule has 0 radical (unpaired) electrons. The molecule has 0 spiro atoms. The highest BCUT2D eigenvalue weighted by Crippen LogP contribution is 2.34. The minimum atomic E-state index is -0.906. The smallest absolute Gasteiger partial charge is 0.199 e. The summed E-state index contributed by atoms with van der Waals surface area (Å²) in [5, 5.41) is 9.17. The van der Waals surface area contributed by atoms with Crippen molar-refractivity contribution < 1.29 is 27.4 Å². The van der Waals surface area contributed by atoms with E-state index in [0.717, 1.165) is 12.1 Å². The first-order chi connectivity index (χ1) is 17.4. The standard InChI is InChI=1S/C27H21F4N3O2/c28-21-7-6-18(36-26-22(29)13-23-19(25(26)31)8-9-32-23)12-20(21)27-33-14-17(34-27)11-16-4-1-3-15(24(16)30)5-2-10-35/h1,3-4,6-9,12-14,32,35H,2,5,10-11H2,(H,33,34). The fourth-order valence-electron chi connectivity index (χ4n) is 4.10. The predicted molar refractivity (Wildman–Crippen MR) is 127 cm³/mol. The van der Waals surface area contributed by atoms with E-state index in [1.165, 1.54) is 30.6 Å². The van der Waals surface area contributed by atoms with Gasteiger partial charge in [0.05, 0.1) is 11.1 Å². The zero-order valence-corrected chi connectivity index (χ0v) is 18.9. The average Bonchev–Trinajstić information content (AvgIpc) is 3.53. The Morgan fingerprint density at radius 3 is 2.58 bits per heavy atom. The molecular formula is C27H21F4N3O2. The van der Waals surface area contributed by atoms with Gasteiger partial charge >= 0.3 is 0 Å². The zero-order chi connectivity index (χ0) is 25.2. The lowest BCUT2D eigenvalue weighted by Crippen LogP contribution is -2.00. The van der Waals surface area contributed by atoms with Crippen molar-refractivity contribution in [2.45, 2.75) is 19.3 Å². The summed E-state index contributed by atoms with van der Waals surface area (Å²) in [6, 6.07) is 11.3. The molecule has 0 bridgehead atoms. The van der Waals surface area contributed by atoms with Crippen LogP contribution in [0.3, 0.4) is 0 Å². The Morgan fingerprint density at radius 1 is 0.917 bits per heavy atom. The molecule has 0 aliphatic rings. The zero-order valence-electron chi connectivity index (χ0n) is 18.9. The molecule has 0 unspecified atom stereocenters. The van der Waals surface area contributed by atoms with Crippen molar-refractivity contribution in [2.24, 2.45) is 0 Å². The van der Waals surface area contributed by atoms with Gasteiger partial charge in [0.2, 0.25) is 0 Å². The van der Waals surface area contributed by atoms with Crippen LogP contribution in [-0.4, -0.2) is 26.7 Å². The Balaban J connectivity index is 1.40. The molecule has 0 fully saturated rings. The van der Waals surface area contributed by atoms with Gasteiger partial charge in [0.25, 0.3) is 0 Å². The molecule has 5 nitrogen and oxygen atoms in total.